The molecule has 2 unspecified atom stereocenters. The molecule has 0 bridgehead atoms. The summed E-state index contributed by atoms with van der Waals surface area (Å²) in [4.78, 5) is 30.6. The standard InChI is InChI=1S/C13H23N.C6H3N3O7/c1-2-8-13-9-3-4-10-14(13)11-5-7-12(13)6-1;10-6-4(8(13)14)1-3(7(11)12)2-5(6)9(15)16/h12H,1-11H2;1-2,10H. The molecule has 0 radical (unpaired) electrons. The molecule has 11 nitrogen and oxygen atoms in total. The largest absolute Gasteiger partial charge is 0.497 e. The fourth-order valence-corrected chi connectivity index (χ4v) is 5.40. The Labute approximate surface area is 173 Å². The molecule has 1 aliphatic carbocycles. The summed E-state index contributed by atoms with van der Waals surface area (Å²) < 4.78 is 0. The van der Waals surface area contributed by atoms with Gasteiger partial charge in [0.15, 0.2) is 0 Å². The summed E-state index contributed by atoms with van der Waals surface area (Å²) in [5, 5.41) is 40.2. The first-order valence-electron chi connectivity index (χ1n) is 10.3. The van der Waals surface area contributed by atoms with Crippen LogP contribution in [0.3, 0.4) is 0 Å². The summed E-state index contributed by atoms with van der Waals surface area (Å²) >= 11 is 0. The molecule has 2 atom stereocenters. The molecule has 3 aliphatic rings. The van der Waals surface area contributed by atoms with E-state index in [0.717, 1.165) is 5.92 Å². The number of aromatic hydroxyl groups is 1. The summed E-state index contributed by atoms with van der Waals surface area (Å²) in [6.45, 7) is 2.83. The lowest BCUT2D eigenvalue weighted by atomic mass is 9.64. The van der Waals surface area contributed by atoms with Gasteiger partial charge in [0.1, 0.15) is 0 Å². The first-order valence-corrected chi connectivity index (χ1v) is 10.3. The highest BCUT2D eigenvalue weighted by atomic mass is 16.6. The highest BCUT2D eigenvalue weighted by molar-refractivity contribution is 5.64. The number of non-ortho nitro benzene ring substituents is 1. The van der Waals surface area contributed by atoms with Crippen LogP contribution < -0.4 is 0 Å². The molecule has 2 saturated heterocycles. The second kappa shape index (κ2) is 8.90. The minimum Gasteiger partial charge on any atom is -0.497 e. The van der Waals surface area contributed by atoms with Gasteiger partial charge in [0.2, 0.25) is 0 Å². The quantitative estimate of drug-likeness (QED) is 0.558. The zero-order valence-corrected chi connectivity index (χ0v) is 16.7. The summed E-state index contributed by atoms with van der Waals surface area (Å²) in [5.41, 5.74) is -2.30. The Morgan fingerprint density at radius 2 is 1.37 bits per heavy atom. The third kappa shape index (κ3) is 4.20. The first kappa shape index (κ1) is 21.9. The molecule has 164 valence electrons. The third-order valence-corrected chi connectivity index (χ3v) is 6.73. The smallest absolute Gasteiger partial charge is 0.324 e. The molecule has 1 N–H and O–H groups in total. The molecule has 1 spiro atoms. The fraction of sp³-hybridized carbons (Fsp3) is 0.684. The van der Waals surface area contributed by atoms with Crippen LogP contribution in [0.15, 0.2) is 12.1 Å². The van der Waals surface area contributed by atoms with Gasteiger partial charge in [-0.3, -0.25) is 35.2 Å². The maximum Gasteiger partial charge on any atom is 0.324 e. The van der Waals surface area contributed by atoms with E-state index in [1.165, 1.54) is 70.9 Å². The van der Waals surface area contributed by atoms with Gasteiger partial charge in [0, 0.05) is 5.54 Å². The van der Waals surface area contributed by atoms with Gasteiger partial charge in [0.05, 0.1) is 26.9 Å². The second-order valence-electron chi connectivity index (χ2n) is 8.24. The number of benzene rings is 1. The van der Waals surface area contributed by atoms with E-state index in [1.54, 1.807) is 0 Å². The van der Waals surface area contributed by atoms with E-state index in [-0.39, 0.29) is 0 Å². The zero-order chi connectivity index (χ0) is 21.9. The van der Waals surface area contributed by atoms with Gasteiger partial charge in [-0.05, 0) is 57.5 Å². The summed E-state index contributed by atoms with van der Waals surface area (Å²) in [6.07, 6.45) is 13.6. The van der Waals surface area contributed by atoms with Crippen molar-refractivity contribution in [3.63, 3.8) is 0 Å². The van der Waals surface area contributed by atoms with Crippen molar-refractivity contribution in [3.05, 3.63) is 42.5 Å². The average Bonchev–Trinajstić information content (AvgIpc) is 2.72. The first-order chi connectivity index (χ1) is 14.3. The van der Waals surface area contributed by atoms with Crippen LogP contribution in [0, 0.1) is 36.3 Å². The van der Waals surface area contributed by atoms with Gasteiger partial charge >= 0.3 is 11.4 Å². The Kier molecular flexibility index (Phi) is 6.49. The predicted octanol–water partition coefficient (Wildman–Crippen LogP) is 4.31. The van der Waals surface area contributed by atoms with E-state index in [4.69, 9.17) is 5.11 Å². The van der Waals surface area contributed by atoms with Gasteiger partial charge in [0.25, 0.3) is 11.4 Å². The molecule has 2 heterocycles. The normalized spacial score (nSPS) is 25.8. The minimum atomic E-state index is -1.21. The second-order valence-corrected chi connectivity index (χ2v) is 8.24. The van der Waals surface area contributed by atoms with Crippen molar-refractivity contribution >= 4 is 17.1 Å². The van der Waals surface area contributed by atoms with Gasteiger partial charge in [-0.1, -0.05) is 19.3 Å². The van der Waals surface area contributed by atoms with Crippen LogP contribution >= 0.6 is 0 Å². The van der Waals surface area contributed by atoms with Crippen molar-refractivity contribution in [2.75, 3.05) is 13.1 Å². The van der Waals surface area contributed by atoms with Crippen LogP contribution in [-0.2, 0) is 0 Å². The molecular weight excluding hydrogens is 396 g/mol. The SMILES string of the molecule is C1CCC23CCCCN2CCCC3C1.O=[N+]([O-])c1cc([N+](=O)[O-])c(O)c([N+](=O)[O-])c1. The van der Waals surface area contributed by atoms with Crippen LogP contribution in [0.5, 0.6) is 5.75 Å². The predicted molar refractivity (Wildman–Crippen MR) is 107 cm³/mol. The molecule has 0 aromatic heterocycles. The molecule has 30 heavy (non-hydrogen) atoms. The maximum absolute atomic E-state index is 10.4. The van der Waals surface area contributed by atoms with Crippen LogP contribution in [0.1, 0.15) is 57.8 Å². The monoisotopic (exact) mass is 422 g/mol. The van der Waals surface area contributed by atoms with E-state index in [1.807, 2.05) is 0 Å². The van der Waals surface area contributed by atoms with Gasteiger partial charge < -0.3 is 5.11 Å². The lowest BCUT2D eigenvalue weighted by molar-refractivity contribution is -0.404. The highest BCUT2D eigenvalue weighted by Gasteiger charge is 2.47. The van der Waals surface area contributed by atoms with Crippen LogP contribution in [0.25, 0.3) is 0 Å². The zero-order valence-electron chi connectivity index (χ0n) is 16.7. The number of hydrogen-bond acceptors (Lipinski definition) is 8. The van der Waals surface area contributed by atoms with E-state index in [2.05, 4.69) is 4.90 Å². The summed E-state index contributed by atoms with van der Waals surface area (Å²) in [5.74, 6) is -0.133. The van der Waals surface area contributed by atoms with Crippen LogP contribution in [-0.4, -0.2) is 43.4 Å². The molecule has 3 fully saturated rings. The molecule has 1 aromatic carbocycles. The number of nitro groups is 3. The van der Waals surface area contributed by atoms with Crippen molar-refractivity contribution in [2.45, 2.75) is 63.3 Å². The summed E-state index contributed by atoms with van der Waals surface area (Å²) in [7, 11) is 0. The average molecular weight is 422 g/mol. The van der Waals surface area contributed by atoms with Gasteiger partial charge in [-0.25, -0.2) is 0 Å². The van der Waals surface area contributed by atoms with E-state index in [0.29, 0.717) is 17.7 Å². The molecule has 1 aromatic rings. The van der Waals surface area contributed by atoms with Crippen molar-refractivity contribution in [2.24, 2.45) is 5.92 Å². The van der Waals surface area contributed by atoms with Crippen molar-refractivity contribution in [3.8, 4) is 5.75 Å². The minimum absolute atomic E-state index is 0.447. The third-order valence-electron chi connectivity index (χ3n) is 6.73. The maximum atomic E-state index is 10.4. The van der Waals surface area contributed by atoms with Crippen LogP contribution in [0.4, 0.5) is 17.1 Å². The molecule has 0 amide bonds. The Bertz CT molecular complexity index is 783. The number of nitro benzene ring substituents is 3. The lowest BCUT2D eigenvalue weighted by Crippen LogP contribution is -2.60. The number of phenols is 1. The number of phenolic OH excluding ortho intramolecular Hbond substituents is 1. The molecule has 2 aliphatic heterocycles. The molecule has 1 saturated carbocycles. The Morgan fingerprint density at radius 3 is 1.93 bits per heavy atom. The van der Waals surface area contributed by atoms with Crippen molar-refractivity contribution in [1.82, 2.24) is 4.90 Å². The Morgan fingerprint density at radius 1 is 0.833 bits per heavy atom. The summed E-state index contributed by atoms with van der Waals surface area (Å²) in [6, 6.07) is 0.894. The molecular formula is C19H26N4O7. The van der Waals surface area contributed by atoms with Gasteiger partial charge in [-0.15, -0.1) is 0 Å². The Hall–Kier alpha value is -2.82. The molecule has 4 rings (SSSR count). The number of hydrogen-bond donors (Lipinski definition) is 1. The van der Waals surface area contributed by atoms with Crippen molar-refractivity contribution in [1.29, 1.82) is 0 Å². The van der Waals surface area contributed by atoms with E-state index >= 15 is 0 Å². The fourth-order valence-electron chi connectivity index (χ4n) is 5.40. The van der Waals surface area contributed by atoms with Crippen molar-refractivity contribution < 1.29 is 19.9 Å². The topological polar surface area (TPSA) is 153 Å². The number of rotatable bonds is 3. The van der Waals surface area contributed by atoms with E-state index < -0.39 is 37.6 Å². The number of piperidine rings is 2. The lowest BCUT2D eigenvalue weighted by Gasteiger charge is -2.57. The van der Waals surface area contributed by atoms with Gasteiger partial charge in [-0.2, -0.15) is 0 Å². The Balaban J connectivity index is 0.000000171. The van der Waals surface area contributed by atoms with E-state index in [9.17, 15) is 30.3 Å². The highest BCUT2D eigenvalue weighted by Crippen LogP contribution is 2.48. The van der Waals surface area contributed by atoms with Crippen LogP contribution in [0.2, 0.25) is 0 Å². The number of nitrogens with zero attached hydrogens (tertiary/aromatic N) is 4. The molecule has 11 heteroatoms.